The van der Waals surface area contributed by atoms with Crippen LogP contribution >= 0.6 is 0 Å². The fourth-order valence-corrected chi connectivity index (χ4v) is 3.39. The van der Waals surface area contributed by atoms with Gasteiger partial charge < -0.3 is 5.32 Å². The number of hydrogen-bond acceptors (Lipinski definition) is 1. The SMILES string of the molecule is O=C1N[C@H](c2ccccc2)C12CCCCCC2. The van der Waals surface area contributed by atoms with Crippen LogP contribution in [0.2, 0.25) is 0 Å². The lowest BCUT2D eigenvalue weighted by Crippen LogP contribution is -2.60. The lowest BCUT2D eigenvalue weighted by molar-refractivity contribution is -0.148. The van der Waals surface area contributed by atoms with Crippen LogP contribution in [0, 0.1) is 5.41 Å². The highest BCUT2D eigenvalue weighted by atomic mass is 16.2. The van der Waals surface area contributed by atoms with Crippen LogP contribution in [0.5, 0.6) is 0 Å². The number of β-lactam (4-membered cyclic amide) rings is 1. The van der Waals surface area contributed by atoms with Crippen LogP contribution < -0.4 is 5.32 Å². The lowest BCUT2D eigenvalue weighted by atomic mass is 9.65. The molecule has 1 saturated carbocycles. The first-order valence-corrected chi connectivity index (χ1v) is 6.69. The van der Waals surface area contributed by atoms with Crippen molar-refractivity contribution in [1.82, 2.24) is 5.32 Å². The van der Waals surface area contributed by atoms with Crippen molar-refractivity contribution < 1.29 is 4.79 Å². The molecule has 0 radical (unpaired) electrons. The van der Waals surface area contributed by atoms with Gasteiger partial charge >= 0.3 is 0 Å². The Morgan fingerprint density at radius 3 is 2.24 bits per heavy atom. The second-order valence-electron chi connectivity index (χ2n) is 5.39. The second kappa shape index (κ2) is 4.17. The van der Waals surface area contributed by atoms with E-state index >= 15 is 0 Å². The van der Waals surface area contributed by atoms with Crippen LogP contribution in [0.15, 0.2) is 30.3 Å². The van der Waals surface area contributed by atoms with Crippen molar-refractivity contribution in [2.75, 3.05) is 0 Å². The first-order chi connectivity index (χ1) is 8.33. The molecule has 1 N–H and O–H groups in total. The zero-order valence-electron chi connectivity index (χ0n) is 10.1. The molecule has 1 aliphatic heterocycles. The number of nitrogens with one attached hydrogen (secondary N) is 1. The summed E-state index contributed by atoms with van der Waals surface area (Å²) in [4.78, 5) is 12.0. The van der Waals surface area contributed by atoms with Gasteiger partial charge in [0, 0.05) is 0 Å². The van der Waals surface area contributed by atoms with E-state index in [4.69, 9.17) is 0 Å². The van der Waals surface area contributed by atoms with Gasteiger partial charge in [-0.3, -0.25) is 4.79 Å². The van der Waals surface area contributed by atoms with Crippen LogP contribution in [-0.4, -0.2) is 5.91 Å². The Bertz CT molecular complexity index is 404. The van der Waals surface area contributed by atoms with Gasteiger partial charge in [-0.1, -0.05) is 56.0 Å². The summed E-state index contributed by atoms with van der Waals surface area (Å²) in [5, 5.41) is 3.11. The number of hydrogen-bond donors (Lipinski definition) is 1. The molecular weight excluding hydrogens is 210 g/mol. The molecule has 2 aliphatic rings. The molecule has 17 heavy (non-hydrogen) atoms. The highest BCUT2D eigenvalue weighted by Crippen LogP contribution is 2.51. The molecule has 2 nitrogen and oxygen atoms in total. The Labute approximate surface area is 102 Å². The predicted molar refractivity (Wildman–Crippen MR) is 67.5 cm³/mol. The quantitative estimate of drug-likeness (QED) is 0.736. The molecule has 3 rings (SSSR count). The predicted octanol–water partition coefficient (Wildman–Crippen LogP) is 3.20. The third-order valence-corrected chi connectivity index (χ3v) is 4.41. The summed E-state index contributed by atoms with van der Waals surface area (Å²) in [5.74, 6) is 0.285. The Balaban J connectivity index is 1.89. The third-order valence-electron chi connectivity index (χ3n) is 4.41. The Hall–Kier alpha value is -1.31. The fourth-order valence-electron chi connectivity index (χ4n) is 3.39. The van der Waals surface area contributed by atoms with Crippen molar-refractivity contribution in [1.29, 1.82) is 0 Å². The van der Waals surface area contributed by atoms with Crippen LogP contribution in [0.1, 0.15) is 50.1 Å². The number of carbonyl (C=O) groups is 1. The van der Waals surface area contributed by atoms with E-state index in [-0.39, 0.29) is 17.4 Å². The largest absolute Gasteiger partial charge is 0.348 e. The monoisotopic (exact) mass is 229 g/mol. The Morgan fingerprint density at radius 2 is 1.65 bits per heavy atom. The van der Waals surface area contributed by atoms with Crippen LogP contribution in [0.4, 0.5) is 0 Å². The molecule has 1 aromatic carbocycles. The molecule has 1 aromatic rings. The van der Waals surface area contributed by atoms with Crippen LogP contribution in [0.3, 0.4) is 0 Å². The van der Waals surface area contributed by atoms with Gasteiger partial charge in [-0.15, -0.1) is 0 Å². The molecule has 1 saturated heterocycles. The van der Waals surface area contributed by atoms with E-state index in [0.717, 1.165) is 12.8 Å². The highest BCUT2D eigenvalue weighted by Gasteiger charge is 2.54. The molecule has 1 heterocycles. The van der Waals surface area contributed by atoms with Crippen molar-refractivity contribution in [3.63, 3.8) is 0 Å². The minimum absolute atomic E-state index is 0.0855. The number of benzene rings is 1. The van der Waals surface area contributed by atoms with Gasteiger partial charge in [0.05, 0.1) is 11.5 Å². The number of amides is 1. The van der Waals surface area contributed by atoms with E-state index < -0.39 is 0 Å². The summed E-state index contributed by atoms with van der Waals surface area (Å²) in [6, 6.07) is 10.7. The standard InChI is InChI=1S/C15H19NO/c17-14-15(10-6-1-2-7-11-15)13(16-14)12-8-4-3-5-9-12/h3-5,8-9,13H,1-2,6-7,10-11H2,(H,16,17)/t13-/m1/s1. The fraction of sp³-hybridized carbons (Fsp3) is 0.533. The van der Waals surface area contributed by atoms with Gasteiger partial charge in [0.25, 0.3) is 0 Å². The van der Waals surface area contributed by atoms with E-state index in [0.29, 0.717) is 0 Å². The van der Waals surface area contributed by atoms with Crippen molar-refractivity contribution in [2.45, 2.75) is 44.6 Å². The van der Waals surface area contributed by atoms with Gasteiger partial charge in [-0.05, 0) is 18.4 Å². The van der Waals surface area contributed by atoms with E-state index in [9.17, 15) is 4.79 Å². The topological polar surface area (TPSA) is 29.1 Å². The summed E-state index contributed by atoms with van der Waals surface area (Å²) < 4.78 is 0. The van der Waals surface area contributed by atoms with E-state index in [1.807, 2.05) is 6.07 Å². The molecule has 0 aromatic heterocycles. The van der Waals surface area contributed by atoms with Crippen molar-refractivity contribution >= 4 is 5.91 Å². The van der Waals surface area contributed by atoms with E-state index in [1.165, 1.54) is 31.2 Å². The summed E-state index contributed by atoms with van der Waals surface area (Å²) in [6.45, 7) is 0. The average Bonchev–Trinajstić information content (AvgIpc) is 2.64. The molecule has 0 unspecified atom stereocenters. The lowest BCUT2D eigenvalue weighted by Gasteiger charge is -2.49. The van der Waals surface area contributed by atoms with Crippen molar-refractivity contribution in [3.05, 3.63) is 35.9 Å². The summed E-state index contributed by atoms with van der Waals surface area (Å²) >= 11 is 0. The maximum atomic E-state index is 12.0. The van der Waals surface area contributed by atoms with Crippen molar-refractivity contribution in [3.8, 4) is 0 Å². The highest BCUT2D eigenvalue weighted by molar-refractivity contribution is 5.90. The van der Waals surface area contributed by atoms with Gasteiger partial charge in [-0.25, -0.2) is 0 Å². The van der Waals surface area contributed by atoms with Gasteiger partial charge in [0.2, 0.25) is 5.91 Å². The minimum Gasteiger partial charge on any atom is -0.348 e. The normalized spacial score (nSPS) is 27.1. The number of rotatable bonds is 1. The first kappa shape index (κ1) is 10.8. The van der Waals surface area contributed by atoms with Crippen molar-refractivity contribution in [2.24, 2.45) is 5.41 Å². The van der Waals surface area contributed by atoms with Crippen LogP contribution in [0.25, 0.3) is 0 Å². The molecule has 90 valence electrons. The molecule has 1 amide bonds. The van der Waals surface area contributed by atoms with Gasteiger partial charge in [0.15, 0.2) is 0 Å². The molecule has 1 aliphatic carbocycles. The first-order valence-electron chi connectivity index (χ1n) is 6.69. The Morgan fingerprint density at radius 1 is 1.00 bits per heavy atom. The minimum atomic E-state index is -0.0855. The average molecular weight is 229 g/mol. The molecule has 2 heteroatoms. The maximum absolute atomic E-state index is 12.0. The summed E-state index contributed by atoms with van der Waals surface area (Å²) in [5.41, 5.74) is 1.19. The maximum Gasteiger partial charge on any atom is 0.229 e. The zero-order valence-corrected chi connectivity index (χ0v) is 10.1. The molecule has 2 fully saturated rings. The zero-order chi connectivity index (χ0) is 11.7. The summed E-state index contributed by atoms with van der Waals surface area (Å²) in [7, 11) is 0. The van der Waals surface area contributed by atoms with E-state index in [1.54, 1.807) is 0 Å². The van der Waals surface area contributed by atoms with Crippen LogP contribution in [-0.2, 0) is 4.79 Å². The summed E-state index contributed by atoms with van der Waals surface area (Å²) in [6.07, 6.45) is 7.12. The smallest absolute Gasteiger partial charge is 0.229 e. The second-order valence-corrected chi connectivity index (χ2v) is 5.39. The number of carbonyl (C=O) groups excluding carboxylic acids is 1. The van der Waals surface area contributed by atoms with Gasteiger partial charge in [0.1, 0.15) is 0 Å². The van der Waals surface area contributed by atoms with E-state index in [2.05, 4.69) is 29.6 Å². The Kier molecular flexibility index (Phi) is 2.65. The molecular formula is C15H19NO. The molecule has 1 atom stereocenters. The molecule has 0 bridgehead atoms. The molecule has 1 spiro atoms. The van der Waals surface area contributed by atoms with Gasteiger partial charge in [-0.2, -0.15) is 0 Å². The third kappa shape index (κ3) is 1.67.